The van der Waals surface area contributed by atoms with E-state index in [0.29, 0.717) is 36.9 Å². The monoisotopic (exact) mass is 445 g/mol. The third kappa shape index (κ3) is 4.14. The van der Waals surface area contributed by atoms with Gasteiger partial charge in [0.15, 0.2) is 0 Å². The van der Waals surface area contributed by atoms with Crippen molar-refractivity contribution in [3.05, 3.63) is 89.4 Å². The van der Waals surface area contributed by atoms with E-state index < -0.39 is 0 Å². The van der Waals surface area contributed by atoms with Gasteiger partial charge in [0, 0.05) is 26.2 Å². The van der Waals surface area contributed by atoms with Crippen LogP contribution >= 0.6 is 11.6 Å². The molecular weight excluding hydrogens is 422 g/mol. The van der Waals surface area contributed by atoms with E-state index in [4.69, 9.17) is 16.6 Å². The number of hydrogen-bond acceptors (Lipinski definition) is 3. The zero-order chi connectivity index (χ0) is 21.9. The molecular formula is C25H24ClN5O. The highest BCUT2D eigenvalue weighted by atomic mass is 35.5. The minimum Gasteiger partial charge on any atom is -0.339 e. The number of amides is 2. The second-order valence-corrected chi connectivity index (χ2v) is 8.26. The molecule has 5 rings (SSSR count). The topological polar surface area (TPSA) is 53.4 Å². The van der Waals surface area contributed by atoms with Gasteiger partial charge in [-0.25, -0.2) is 9.78 Å². The van der Waals surface area contributed by atoms with Crippen molar-refractivity contribution < 1.29 is 4.79 Å². The number of carbonyl (C=O) groups excluding carboxylic acids is 1. The van der Waals surface area contributed by atoms with Crippen molar-refractivity contribution in [2.75, 3.05) is 36.4 Å². The quantitative estimate of drug-likeness (QED) is 0.476. The summed E-state index contributed by atoms with van der Waals surface area (Å²) in [6.45, 7) is 3.42. The molecule has 0 bridgehead atoms. The highest BCUT2D eigenvalue weighted by molar-refractivity contribution is 6.33. The van der Waals surface area contributed by atoms with Crippen LogP contribution in [0.2, 0.25) is 5.02 Å². The predicted octanol–water partition coefficient (Wildman–Crippen LogP) is 5.09. The molecule has 2 heterocycles. The minimum atomic E-state index is -0.129. The van der Waals surface area contributed by atoms with Gasteiger partial charge in [-0.15, -0.1) is 0 Å². The lowest BCUT2D eigenvalue weighted by atomic mass is 10.2. The summed E-state index contributed by atoms with van der Waals surface area (Å²) in [5, 5.41) is 3.45. The van der Waals surface area contributed by atoms with Crippen LogP contribution < -0.4 is 10.2 Å². The third-order valence-electron chi connectivity index (χ3n) is 5.78. The van der Waals surface area contributed by atoms with E-state index in [1.165, 1.54) is 5.56 Å². The first-order valence-electron chi connectivity index (χ1n) is 10.7. The van der Waals surface area contributed by atoms with Crippen molar-refractivity contribution in [1.82, 2.24) is 14.5 Å². The number of nitrogens with one attached hydrogen (secondary N) is 1. The molecule has 0 unspecified atom stereocenters. The fourth-order valence-corrected chi connectivity index (χ4v) is 4.28. The smallest absolute Gasteiger partial charge is 0.322 e. The van der Waals surface area contributed by atoms with Gasteiger partial charge in [-0.05, 0) is 29.8 Å². The van der Waals surface area contributed by atoms with Crippen LogP contribution in [0.25, 0.3) is 11.0 Å². The standard InChI is InChI=1S/C25H24ClN5O/c26-20-10-4-5-11-21(20)28-25(32)30-16-14-29(15-17-30)24-27-22-12-6-7-13-23(22)31(24)18-19-8-2-1-3-9-19/h1-13H,14-18H2,(H,28,32). The highest BCUT2D eigenvalue weighted by Gasteiger charge is 2.25. The molecule has 2 amide bonds. The normalized spacial score (nSPS) is 14.0. The number of piperazine rings is 1. The SMILES string of the molecule is O=C(Nc1ccccc1Cl)N1CCN(c2nc3ccccc3n2Cc2ccccc2)CC1. The molecule has 7 heteroatoms. The lowest BCUT2D eigenvalue weighted by Gasteiger charge is -2.35. The first-order valence-corrected chi connectivity index (χ1v) is 11.1. The maximum Gasteiger partial charge on any atom is 0.322 e. The van der Waals surface area contributed by atoms with Crippen molar-refractivity contribution in [2.45, 2.75) is 6.54 Å². The molecule has 1 aliphatic heterocycles. The number of hydrogen-bond donors (Lipinski definition) is 1. The summed E-state index contributed by atoms with van der Waals surface area (Å²) in [6, 6.07) is 25.8. The number of fused-ring (bicyclic) bond motifs is 1. The fourth-order valence-electron chi connectivity index (χ4n) is 4.09. The van der Waals surface area contributed by atoms with Gasteiger partial charge in [0.25, 0.3) is 0 Å². The van der Waals surface area contributed by atoms with E-state index in [9.17, 15) is 4.79 Å². The lowest BCUT2D eigenvalue weighted by molar-refractivity contribution is 0.208. The van der Waals surface area contributed by atoms with Gasteiger partial charge in [0.2, 0.25) is 5.95 Å². The zero-order valence-electron chi connectivity index (χ0n) is 17.6. The Hall–Kier alpha value is -3.51. The summed E-state index contributed by atoms with van der Waals surface area (Å²) in [6.07, 6.45) is 0. The molecule has 1 N–H and O–H groups in total. The summed E-state index contributed by atoms with van der Waals surface area (Å²) < 4.78 is 2.27. The van der Waals surface area contributed by atoms with Crippen LogP contribution in [0.15, 0.2) is 78.9 Å². The molecule has 1 fully saturated rings. The molecule has 6 nitrogen and oxygen atoms in total. The van der Waals surface area contributed by atoms with Crippen LogP contribution in [0, 0.1) is 0 Å². The van der Waals surface area contributed by atoms with Crippen LogP contribution in [0.4, 0.5) is 16.4 Å². The van der Waals surface area contributed by atoms with E-state index in [2.05, 4.69) is 45.1 Å². The Kier molecular flexibility index (Phi) is 5.69. The van der Waals surface area contributed by atoms with Gasteiger partial charge in [-0.3, -0.25) is 0 Å². The number of rotatable bonds is 4. The molecule has 1 aliphatic rings. The second-order valence-electron chi connectivity index (χ2n) is 7.86. The molecule has 0 aliphatic carbocycles. The van der Waals surface area contributed by atoms with Crippen molar-refractivity contribution >= 4 is 40.3 Å². The third-order valence-corrected chi connectivity index (χ3v) is 6.11. The van der Waals surface area contributed by atoms with Gasteiger partial charge >= 0.3 is 6.03 Å². The number of imidazole rings is 1. The molecule has 3 aromatic carbocycles. The summed E-state index contributed by atoms with van der Waals surface area (Å²) >= 11 is 6.18. The number of carbonyl (C=O) groups is 1. The Balaban J connectivity index is 1.33. The van der Waals surface area contributed by atoms with Crippen molar-refractivity contribution in [1.29, 1.82) is 0 Å². The number of halogens is 1. The molecule has 1 saturated heterocycles. The molecule has 1 aromatic heterocycles. The van der Waals surface area contributed by atoms with E-state index >= 15 is 0 Å². The van der Waals surface area contributed by atoms with Gasteiger partial charge in [0.1, 0.15) is 0 Å². The van der Waals surface area contributed by atoms with Crippen LogP contribution in [0.3, 0.4) is 0 Å². The van der Waals surface area contributed by atoms with Gasteiger partial charge in [0.05, 0.1) is 28.3 Å². The van der Waals surface area contributed by atoms with Gasteiger partial charge in [-0.1, -0.05) is 66.2 Å². The average molecular weight is 446 g/mol. The molecule has 32 heavy (non-hydrogen) atoms. The fraction of sp³-hybridized carbons (Fsp3) is 0.200. The number of aromatic nitrogens is 2. The summed E-state index contributed by atoms with van der Waals surface area (Å²) in [5.74, 6) is 0.946. The van der Waals surface area contributed by atoms with Crippen LogP contribution in [-0.2, 0) is 6.54 Å². The first-order chi connectivity index (χ1) is 15.7. The van der Waals surface area contributed by atoms with Crippen LogP contribution in [0.1, 0.15) is 5.56 Å². The zero-order valence-corrected chi connectivity index (χ0v) is 18.4. The Bertz CT molecular complexity index is 1230. The molecule has 0 atom stereocenters. The Morgan fingerprint density at radius 3 is 2.34 bits per heavy atom. The summed E-state index contributed by atoms with van der Waals surface area (Å²) in [7, 11) is 0. The predicted molar refractivity (Wildman–Crippen MR) is 130 cm³/mol. The average Bonchev–Trinajstić information content (AvgIpc) is 3.20. The van der Waals surface area contributed by atoms with Crippen molar-refractivity contribution in [3.8, 4) is 0 Å². The van der Waals surface area contributed by atoms with Crippen LogP contribution in [0.5, 0.6) is 0 Å². The largest absolute Gasteiger partial charge is 0.339 e. The molecule has 162 valence electrons. The number of benzene rings is 3. The van der Waals surface area contributed by atoms with E-state index in [1.54, 1.807) is 6.07 Å². The van der Waals surface area contributed by atoms with Crippen molar-refractivity contribution in [2.24, 2.45) is 0 Å². The Morgan fingerprint density at radius 2 is 1.56 bits per heavy atom. The molecule has 0 saturated carbocycles. The number of urea groups is 1. The summed E-state index contributed by atoms with van der Waals surface area (Å²) in [4.78, 5) is 21.8. The number of anilines is 2. The number of para-hydroxylation sites is 3. The second kappa shape index (κ2) is 8.93. The van der Waals surface area contributed by atoms with Crippen LogP contribution in [-0.4, -0.2) is 46.7 Å². The van der Waals surface area contributed by atoms with E-state index in [0.717, 1.165) is 23.5 Å². The van der Waals surface area contributed by atoms with Crippen molar-refractivity contribution in [3.63, 3.8) is 0 Å². The summed E-state index contributed by atoms with van der Waals surface area (Å²) in [5.41, 5.74) is 3.96. The lowest BCUT2D eigenvalue weighted by Crippen LogP contribution is -2.50. The Labute approximate surface area is 192 Å². The van der Waals surface area contributed by atoms with E-state index in [-0.39, 0.29) is 6.03 Å². The molecule has 0 radical (unpaired) electrons. The van der Waals surface area contributed by atoms with Gasteiger partial charge in [-0.2, -0.15) is 0 Å². The van der Waals surface area contributed by atoms with E-state index in [1.807, 2.05) is 47.4 Å². The maximum atomic E-state index is 12.7. The molecule has 0 spiro atoms. The first kappa shape index (κ1) is 20.4. The number of nitrogens with zero attached hydrogens (tertiary/aromatic N) is 4. The molecule has 4 aromatic rings. The van der Waals surface area contributed by atoms with Gasteiger partial charge < -0.3 is 19.7 Å². The maximum absolute atomic E-state index is 12.7. The minimum absolute atomic E-state index is 0.129. The highest BCUT2D eigenvalue weighted by Crippen LogP contribution is 2.26. The Morgan fingerprint density at radius 1 is 0.875 bits per heavy atom.